The Balaban J connectivity index is 2.01. The first kappa shape index (κ1) is 16.3. The Morgan fingerprint density at radius 1 is 0.913 bits per heavy atom. The summed E-state index contributed by atoms with van der Waals surface area (Å²) in [6.07, 6.45) is 2.01. The summed E-state index contributed by atoms with van der Waals surface area (Å²) in [7, 11) is -0.0232. The highest BCUT2D eigenvalue weighted by Crippen LogP contribution is 2.29. The van der Waals surface area contributed by atoms with E-state index in [1.165, 1.54) is 11.5 Å². The second-order valence-electron chi connectivity index (χ2n) is 7.16. The highest BCUT2D eigenvalue weighted by molar-refractivity contribution is 6.92. The van der Waals surface area contributed by atoms with Crippen LogP contribution in [0.1, 0.15) is 20.8 Å². The second-order valence-corrected chi connectivity index (χ2v) is 8.51. The summed E-state index contributed by atoms with van der Waals surface area (Å²) in [5.74, 6) is 1.20. The molecule has 119 valence electrons. The number of H-pyrrole nitrogens is 1. The highest BCUT2D eigenvalue weighted by Gasteiger charge is 2.46. The topological polar surface area (TPSA) is 25.5 Å². The van der Waals surface area contributed by atoms with Crippen LogP contribution in [0.2, 0.25) is 13.6 Å². The molecule has 2 heterocycles. The molecule has 1 saturated heterocycles. The fourth-order valence-electron chi connectivity index (χ4n) is 3.66. The van der Waals surface area contributed by atoms with E-state index in [1.54, 1.807) is 0 Å². The number of aromatic nitrogens is 1. The minimum atomic E-state index is -0.0232. The summed E-state index contributed by atoms with van der Waals surface area (Å²) in [5, 5.41) is 0. The van der Waals surface area contributed by atoms with Gasteiger partial charge in [0, 0.05) is 11.9 Å². The predicted molar refractivity (Wildman–Crippen MR) is 104 cm³/mol. The fourth-order valence-corrected chi connectivity index (χ4v) is 5.19. The maximum Gasteiger partial charge on any atom is 0.323 e. The third kappa shape index (κ3) is 3.08. The van der Waals surface area contributed by atoms with Gasteiger partial charge in [0.15, 0.2) is 0 Å². The summed E-state index contributed by atoms with van der Waals surface area (Å²) in [6, 6.07) is 15.0. The summed E-state index contributed by atoms with van der Waals surface area (Å²) in [5.41, 5.74) is 1.39. The van der Waals surface area contributed by atoms with Crippen LogP contribution in [0, 0.1) is 0 Å². The molecule has 1 aliphatic heterocycles. The average Bonchev–Trinajstić information content (AvgIpc) is 3.01. The molecule has 0 unspecified atom stereocenters. The smallest absolute Gasteiger partial charge is 0.323 e. The van der Waals surface area contributed by atoms with Crippen LogP contribution in [-0.4, -0.2) is 39.1 Å². The van der Waals surface area contributed by atoms with Gasteiger partial charge >= 0.3 is 14.0 Å². The van der Waals surface area contributed by atoms with E-state index in [9.17, 15) is 0 Å². The molecule has 1 aliphatic rings. The number of rotatable bonds is 2. The van der Waals surface area contributed by atoms with Gasteiger partial charge in [-0.25, -0.2) is 0 Å². The lowest BCUT2D eigenvalue weighted by atomic mass is 9.58. The van der Waals surface area contributed by atoms with Crippen molar-refractivity contribution in [3.8, 4) is 0 Å². The van der Waals surface area contributed by atoms with Crippen LogP contribution in [0.25, 0.3) is 0 Å². The van der Waals surface area contributed by atoms with Crippen LogP contribution in [0.5, 0.6) is 0 Å². The van der Waals surface area contributed by atoms with Gasteiger partial charge in [0.25, 0.3) is 9.84 Å². The van der Waals surface area contributed by atoms with Crippen molar-refractivity contribution in [2.45, 2.75) is 40.0 Å². The van der Waals surface area contributed by atoms with Gasteiger partial charge in [-0.05, 0) is 50.6 Å². The first-order valence-corrected chi connectivity index (χ1v) is 9.31. The van der Waals surface area contributed by atoms with Gasteiger partial charge in [-0.15, -0.1) is 0 Å². The number of anilines is 2. The van der Waals surface area contributed by atoms with Gasteiger partial charge in [0.1, 0.15) is 0 Å². The van der Waals surface area contributed by atoms with Crippen molar-refractivity contribution in [1.29, 1.82) is 0 Å². The van der Waals surface area contributed by atoms with Crippen LogP contribution in [0.4, 0.5) is 11.5 Å². The standard InChI is InChI=1S/C16H25B2N4Si/c1-16(2,3)22-17(4)20(14-10-7-6-8-11-14)23-21(18(22)5)15-12-9-13-19-15/h6-13,19,23H,1-5H3. The quantitative estimate of drug-likeness (QED) is 0.861. The van der Waals surface area contributed by atoms with Gasteiger partial charge in [0.05, 0.1) is 5.82 Å². The highest BCUT2D eigenvalue weighted by atomic mass is 28.2. The molecule has 0 aliphatic carbocycles. The third-order valence-corrected chi connectivity index (χ3v) is 6.48. The Kier molecular flexibility index (Phi) is 4.34. The van der Waals surface area contributed by atoms with Crippen molar-refractivity contribution in [3.05, 3.63) is 48.7 Å². The number of benzene rings is 1. The molecular formula is C16H25B2N4Si. The number of nitrogens with one attached hydrogen (secondary N) is 1. The lowest BCUT2D eigenvalue weighted by molar-refractivity contribution is 0.360. The van der Waals surface area contributed by atoms with E-state index in [2.05, 4.69) is 95.5 Å². The summed E-state index contributed by atoms with van der Waals surface area (Å²) in [6.45, 7) is 12.3. The summed E-state index contributed by atoms with van der Waals surface area (Å²) >= 11 is 0. The van der Waals surface area contributed by atoms with E-state index >= 15 is 0 Å². The van der Waals surface area contributed by atoms with E-state index in [1.807, 2.05) is 6.20 Å². The Morgan fingerprint density at radius 3 is 2.13 bits per heavy atom. The lowest BCUT2D eigenvalue weighted by Gasteiger charge is -2.54. The zero-order chi connectivity index (χ0) is 16.6. The van der Waals surface area contributed by atoms with Gasteiger partial charge in [-0.1, -0.05) is 31.8 Å². The van der Waals surface area contributed by atoms with Crippen LogP contribution in [0.15, 0.2) is 48.7 Å². The minimum Gasteiger partial charge on any atom is -0.416 e. The zero-order valence-corrected chi connectivity index (χ0v) is 15.8. The number of hydrogen-bond donors (Lipinski definition) is 1. The number of hydrogen-bond acceptors (Lipinski definition) is 3. The van der Waals surface area contributed by atoms with Gasteiger partial charge in [0.2, 0.25) is 0 Å². The molecule has 1 aromatic carbocycles. The third-order valence-electron chi connectivity index (χ3n) is 4.55. The molecule has 1 aromatic heterocycles. The molecule has 1 N–H and O–H groups in total. The molecule has 2 aromatic rings. The van der Waals surface area contributed by atoms with Crippen molar-refractivity contribution >= 4 is 35.3 Å². The van der Waals surface area contributed by atoms with Crippen LogP contribution in [0.3, 0.4) is 0 Å². The number of aromatic amines is 1. The molecule has 0 bridgehead atoms. The van der Waals surface area contributed by atoms with Crippen LogP contribution < -0.4 is 8.95 Å². The first-order chi connectivity index (χ1) is 10.9. The van der Waals surface area contributed by atoms with Crippen molar-refractivity contribution in [2.24, 2.45) is 0 Å². The Bertz CT molecular complexity index is 629. The molecule has 1 radical (unpaired) electrons. The average molecular weight is 323 g/mol. The molecule has 3 rings (SSSR count). The number of nitrogens with zero attached hydrogens (tertiary/aromatic N) is 3. The lowest BCUT2D eigenvalue weighted by Crippen LogP contribution is -2.75. The zero-order valence-electron chi connectivity index (χ0n) is 14.7. The summed E-state index contributed by atoms with van der Waals surface area (Å²) in [4.78, 5) is 3.39. The van der Waals surface area contributed by atoms with Crippen molar-refractivity contribution in [2.75, 3.05) is 8.95 Å². The Labute approximate surface area is 143 Å². The molecule has 23 heavy (non-hydrogen) atoms. The predicted octanol–water partition coefficient (Wildman–Crippen LogP) is 2.94. The van der Waals surface area contributed by atoms with Crippen LogP contribution in [-0.2, 0) is 0 Å². The normalized spacial score (nSPS) is 17.1. The Hall–Kier alpha value is -1.59. The molecule has 0 spiro atoms. The van der Waals surface area contributed by atoms with E-state index in [4.69, 9.17) is 0 Å². The van der Waals surface area contributed by atoms with E-state index in [0.717, 1.165) is 0 Å². The summed E-state index contributed by atoms with van der Waals surface area (Å²) < 4.78 is 7.65. The Morgan fingerprint density at radius 2 is 1.57 bits per heavy atom. The maximum absolute atomic E-state index is 3.39. The number of para-hydroxylation sites is 1. The SMILES string of the molecule is CB1N(c2ccccc2)[SiH]N(c2ccc[nH]2)B(C)N1C(C)(C)C. The maximum atomic E-state index is 3.39. The molecular weight excluding hydrogens is 298 g/mol. The van der Waals surface area contributed by atoms with E-state index in [0.29, 0.717) is 14.0 Å². The van der Waals surface area contributed by atoms with Crippen molar-refractivity contribution < 1.29 is 0 Å². The molecule has 4 nitrogen and oxygen atoms in total. The van der Waals surface area contributed by atoms with Crippen molar-refractivity contribution in [1.82, 2.24) is 9.71 Å². The minimum absolute atomic E-state index is 0.0232. The van der Waals surface area contributed by atoms with Gasteiger partial charge in [-0.3, -0.25) is 0 Å². The molecule has 1 fully saturated rings. The molecule has 7 heteroatoms. The van der Waals surface area contributed by atoms with Crippen LogP contribution >= 0.6 is 0 Å². The van der Waals surface area contributed by atoms with Gasteiger partial charge < -0.3 is 18.7 Å². The second kappa shape index (κ2) is 6.13. The molecule has 0 saturated carbocycles. The molecule has 0 amide bonds. The fraction of sp³-hybridized carbons (Fsp3) is 0.375. The van der Waals surface area contributed by atoms with E-state index < -0.39 is 0 Å². The molecule has 0 atom stereocenters. The largest absolute Gasteiger partial charge is 0.416 e. The first-order valence-electron chi connectivity index (χ1n) is 8.28. The van der Waals surface area contributed by atoms with E-state index in [-0.39, 0.29) is 15.4 Å². The monoisotopic (exact) mass is 323 g/mol. The van der Waals surface area contributed by atoms with Gasteiger partial charge in [-0.2, -0.15) is 0 Å². The van der Waals surface area contributed by atoms with Crippen molar-refractivity contribution in [3.63, 3.8) is 0 Å².